The number of nitrogens with two attached hydrogens (primary N) is 1. The molecular formula is C14H17F3N2O2. The maximum atomic E-state index is 12.5. The number of ether oxygens (including phenoxy) is 1. The fourth-order valence-electron chi connectivity index (χ4n) is 2.35. The molecule has 116 valence electrons. The van der Waals surface area contributed by atoms with Gasteiger partial charge in [-0.2, -0.15) is 13.2 Å². The first kappa shape index (κ1) is 15.6. The highest BCUT2D eigenvalue weighted by Crippen LogP contribution is 2.31. The molecule has 21 heavy (non-hydrogen) atoms. The Morgan fingerprint density at radius 3 is 2.48 bits per heavy atom. The Morgan fingerprint density at radius 1 is 1.33 bits per heavy atom. The number of halogens is 3. The van der Waals surface area contributed by atoms with Crippen molar-refractivity contribution in [2.45, 2.75) is 31.6 Å². The van der Waals surface area contributed by atoms with Crippen LogP contribution in [0.2, 0.25) is 0 Å². The quantitative estimate of drug-likeness (QED) is 0.930. The van der Waals surface area contributed by atoms with Gasteiger partial charge in [-0.3, -0.25) is 4.90 Å². The fraction of sp³-hybridized carbons (Fsp3) is 0.500. The molecule has 2 N–H and O–H groups in total. The van der Waals surface area contributed by atoms with E-state index in [9.17, 15) is 18.0 Å². The molecule has 1 atom stereocenters. The van der Waals surface area contributed by atoms with Crippen LogP contribution in [-0.4, -0.2) is 29.7 Å². The van der Waals surface area contributed by atoms with Crippen LogP contribution in [0.25, 0.3) is 0 Å². The van der Waals surface area contributed by atoms with Crippen LogP contribution in [-0.2, 0) is 17.5 Å². The maximum absolute atomic E-state index is 12.5. The SMILES string of the molecule is CC1(CCN)COC(=O)N1Cc1ccc(C(F)(F)F)cc1. The Labute approximate surface area is 120 Å². The van der Waals surface area contributed by atoms with E-state index in [2.05, 4.69) is 0 Å². The molecule has 1 aromatic carbocycles. The molecule has 1 fully saturated rings. The summed E-state index contributed by atoms with van der Waals surface area (Å²) in [5.41, 5.74) is 4.93. The first-order valence-corrected chi connectivity index (χ1v) is 6.57. The molecule has 0 radical (unpaired) electrons. The number of alkyl halides is 3. The standard InChI is InChI=1S/C14H17F3N2O2/c1-13(6-7-18)9-21-12(20)19(13)8-10-2-4-11(5-3-10)14(15,16)17/h2-5H,6-9,18H2,1H3. The zero-order chi connectivity index (χ0) is 15.7. The van der Waals surface area contributed by atoms with Gasteiger partial charge in [-0.25, -0.2) is 4.79 Å². The molecule has 1 heterocycles. The molecule has 2 rings (SSSR count). The van der Waals surface area contributed by atoms with Crippen LogP contribution < -0.4 is 5.73 Å². The molecule has 0 bridgehead atoms. The third-order valence-corrected chi connectivity index (χ3v) is 3.68. The lowest BCUT2D eigenvalue weighted by Crippen LogP contribution is -2.45. The highest BCUT2D eigenvalue weighted by molar-refractivity contribution is 5.71. The largest absolute Gasteiger partial charge is 0.447 e. The van der Waals surface area contributed by atoms with Gasteiger partial charge in [0.1, 0.15) is 6.61 Å². The molecule has 1 unspecified atom stereocenters. The van der Waals surface area contributed by atoms with E-state index < -0.39 is 23.4 Å². The van der Waals surface area contributed by atoms with E-state index in [0.717, 1.165) is 12.1 Å². The number of hydrogen-bond donors (Lipinski definition) is 1. The summed E-state index contributed by atoms with van der Waals surface area (Å²) in [5.74, 6) is 0. The minimum atomic E-state index is -4.36. The van der Waals surface area contributed by atoms with E-state index in [1.54, 1.807) is 0 Å². The molecule has 0 spiro atoms. The number of hydrogen-bond acceptors (Lipinski definition) is 3. The Kier molecular flexibility index (Phi) is 4.13. The van der Waals surface area contributed by atoms with Gasteiger partial charge in [-0.1, -0.05) is 12.1 Å². The summed E-state index contributed by atoms with van der Waals surface area (Å²) in [6, 6.07) is 4.77. The van der Waals surface area contributed by atoms with Crippen molar-refractivity contribution in [3.63, 3.8) is 0 Å². The lowest BCUT2D eigenvalue weighted by atomic mass is 9.97. The van der Waals surface area contributed by atoms with Crippen LogP contribution in [0.15, 0.2) is 24.3 Å². The Hall–Kier alpha value is -1.76. The van der Waals surface area contributed by atoms with Crippen molar-refractivity contribution in [1.82, 2.24) is 4.90 Å². The Balaban J connectivity index is 2.15. The van der Waals surface area contributed by atoms with Gasteiger partial charge in [-0.15, -0.1) is 0 Å². The van der Waals surface area contributed by atoms with Gasteiger partial charge >= 0.3 is 12.3 Å². The van der Waals surface area contributed by atoms with Gasteiger partial charge in [0, 0.05) is 6.54 Å². The van der Waals surface area contributed by atoms with Crippen LogP contribution in [0, 0.1) is 0 Å². The van der Waals surface area contributed by atoms with E-state index in [0.29, 0.717) is 18.5 Å². The van der Waals surface area contributed by atoms with Crippen LogP contribution in [0.1, 0.15) is 24.5 Å². The molecule has 1 saturated heterocycles. The topological polar surface area (TPSA) is 55.6 Å². The monoisotopic (exact) mass is 302 g/mol. The second-order valence-corrected chi connectivity index (χ2v) is 5.37. The van der Waals surface area contributed by atoms with Gasteiger partial charge in [0.15, 0.2) is 0 Å². The van der Waals surface area contributed by atoms with Crippen molar-refractivity contribution in [3.05, 3.63) is 35.4 Å². The van der Waals surface area contributed by atoms with Crippen molar-refractivity contribution < 1.29 is 22.7 Å². The molecule has 1 aliphatic rings. The van der Waals surface area contributed by atoms with Crippen LogP contribution in [0.3, 0.4) is 0 Å². The molecule has 4 nitrogen and oxygen atoms in total. The molecule has 7 heteroatoms. The minimum Gasteiger partial charge on any atom is -0.447 e. The van der Waals surface area contributed by atoms with E-state index in [1.807, 2.05) is 6.92 Å². The average Bonchev–Trinajstić information content (AvgIpc) is 2.67. The molecule has 1 aliphatic heterocycles. The van der Waals surface area contributed by atoms with E-state index in [4.69, 9.17) is 10.5 Å². The number of rotatable bonds is 4. The van der Waals surface area contributed by atoms with Crippen molar-refractivity contribution >= 4 is 6.09 Å². The summed E-state index contributed by atoms with van der Waals surface area (Å²) < 4.78 is 42.6. The van der Waals surface area contributed by atoms with Gasteiger partial charge in [0.05, 0.1) is 11.1 Å². The smallest absolute Gasteiger partial charge is 0.416 e. The molecular weight excluding hydrogens is 285 g/mol. The Bertz CT molecular complexity index is 516. The van der Waals surface area contributed by atoms with Gasteiger partial charge < -0.3 is 10.5 Å². The van der Waals surface area contributed by atoms with E-state index in [-0.39, 0.29) is 13.2 Å². The summed E-state index contributed by atoms with van der Waals surface area (Å²) >= 11 is 0. The van der Waals surface area contributed by atoms with Crippen LogP contribution in [0.5, 0.6) is 0 Å². The summed E-state index contributed by atoms with van der Waals surface area (Å²) in [7, 11) is 0. The molecule has 1 aromatic rings. The highest BCUT2D eigenvalue weighted by Gasteiger charge is 2.42. The zero-order valence-corrected chi connectivity index (χ0v) is 11.6. The zero-order valence-electron chi connectivity index (χ0n) is 11.6. The number of nitrogens with zero attached hydrogens (tertiary/aromatic N) is 1. The molecule has 0 aromatic heterocycles. The van der Waals surface area contributed by atoms with Crippen molar-refractivity contribution in [2.24, 2.45) is 5.73 Å². The number of amides is 1. The average molecular weight is 302 g/mol. The highest BCUT2D eigenvalue weighted by atomic mass is 19.4. The van der Waals surface area contributed by atoms with Gasteiger partial charge in [-0.05, 0) is 37.6 Å². The maximum Gasteiger partial charge on any atom is 0.416 e. The molecule has 1 amide bonds. The van der Waals surface area contributed by atoms with Gasteiger partial charge in [0.2, 0.25) is 0 Å². The predicted octanol–water partition coefficient (Wildman–Crippen LogP) is 2.77. The normalized spacial score (nSPS) is 22.5. The first-order valence-electron chi connectivity index (χ1n) is 6.57. The van der Waals surface area contributed by atoms with E-state index >= 15 is 0 Å². The Morgan fingerprint density at radius 2 is 1.95 bits per heavy atom. The number of carbonyl (C=O) groups is 1. The number of benzene rings is 1. The molecule has 0 aliphatic carbocycles. The lowest BCUT2D eigenvalue weighted by Gasteiger charge is -2.31. The van der Waals surface area contributed by atoms with Gasteiger partial charge in [0.25, 0.3) is 0 Å². The van der Waals surface area contributed by atoms with Crippen LogP contribution >= 0.6 is 0 Å². The summed E-state index contributed by atoms with van der Waals surface area (Å²) in [4.78, 5) is 13.3. The number of cyclic esters (lactones) is 1. The summed E-state index contributed by atoms with van der Waals surface area (Å²) in [6.07, 6.45) is -4.26. The number of carbonyl (C=O) groups excluding carboxylic acids is 1. The summed E-state index contributed by atoms with van der Waals surface area (Å²) in [6.45, 7) is 2.70. The second-order valence-electron chi connectivity index (χ2n) is 5.37. The minimum absolute atomic E-state index is 0.202. The van der Waals surface area contributed by atoms with Crippen molar-refractivity contribution in [2.75, 3.05) is 13.2 Å². The molecule has 0 saturated carbocycles. The fourth-order valence-corrected chi connectivity index (χ4v) is 2.35. The predicted molar refractivity (Wildman–Crippen MR) is 70.4 cm³/mol. The summed E-state index contributed by atoms with van der Waals surface area (Å²) in [5, 5.41) is 0. The third-order valence-electron chi connectivity index (χ3n) is 3.68. The van der Waals surface area contributed by atoms with E-state index in [1.165, 1.54) is 17.0 Å². The van der Waals surface area contributed by atoms with Crippen molar-refractivity contribution in [3.8, 4) is 0 Å². The lowest BCUT2D eigenvalue weighted by molar-refractivity contribution is -0.137. The van der Waals surface area contributed by atoms with Crippen molar-refractivity contribution in [1.29, 1.82) is 0 Å². The van der Waals surface area contributed by atoms with Crippen LogP contribution in [0.4, 0.5) is 18.0 Å². The first-order chi connectivity index (χ1) is 9.76. The third kappa shape index (κ3) is 3.29. The second kappa shape index (κ2) is 5.55.